The van der Waals surface area contributed by atoms with Crippen molar-refractivity contribution >= 4 is 16.8 Å². The van der Waals surface area contributed by atoms with Gasteiger partial charge in [-0.3, -0.25) is 4.79 Å². The highest BCUT2D eigenvalue weighted by Gasteiger charge is 2.08. The summed E-state index contributed by atoms with van der Waals surface area (Å²) in [6.07, 6.45) is 2.82. The maximum Gasteiger partial charge on any atom is 0.222 e. The van der Waals surface area contributed by atoms with E-state index in [1.54, 1.807) is 7.11 Å². The van der Waals surface area contributed by atoms with Gasteiger partial charge in [0, 0.05) is 35.6 Å². The molecule has 0 spiro atoms. The van der Waals surface area contributed by atoms with Crippen LogP contribution in [0.3, 0.4) is 0 Å². The molecule has 19 heavy (non-hydrogen) atoms. The van der Waals surface area contributed by atoms with Crippen LogP contribution >= 0.6 is 0 Å². The zero-order valence-corrected chi connectivity index (χ0v) is 11.6. The lowest BCUT2D eigenvalue weighted by molar-refractivity contribution is -0.123. The van der Waals surface area contributed by atoms with Crippen LogP contribution < -0.4 is 10.1 Å². The van der Waals surface area contributed by atoms with E-state index in [1.807, 2.05) is 38.2 Å². The summed E-state index contributed by atoms with van der Waals surface area (Å²) < 4.78 is 5.19. The molecule has 1 aromatic heterocycles. The van der Waals surface area contributed by atoms with Gasteiger partial charge in [-0.05, 0) is 24.1 Å². The van der Waals surface area contributed by atoms with Crippen molar-refractivity contribution in [3.8, 4) is 5.75 Å². The Morgan fingerprint density at radius 2 is 2.21 bits per heavy atom. The number of amides is 1. The van der Waals surface area contributed by atoms with Gasteiger partial charge in [0.05, 0.1) is 7.11 Å². The van der Waals surface area contributed by atoms with Gasteiger partial charge in [-0.25, -0.2) is 0 Å². The van der Waals surface area contributed by atoms with Crippen LogP contribution in [0, 0.1) is 5.92 Å². The number of fused-ring (bicyclic) bond motifs is 1. The van der Waals surface area contributed by atoms with Crippen molar-refractivity contribution < 1.29 is 9.53 Å². The molecule has 1 amide bonds. The number of methoxy groups -OCH3 is 1. The average molecular weight is 260 g/mol. The van der Waals surface area contributed by atoms with Crippen LogP contribution in [-0.2, 0) is 11.2 Å². The number of carbonyl (C=O) groups is 1. The zero-order chi connectivity index (χ0) is 13.8. The van der Waals surface area contributed by atoms with Crippen molar-refractivity contribution in [2.75, 3.05) is 13.7 Å². The summed E-state index contributed by atoms with van der Waals surface area (Å²) in [6.45, 7) is 4.45. The molecule has 0 fully saturated rings. The van der Waals surface area contributed by atoms with E-state index in [4.69, 9.17) is 4.74 Å². The van der Waals surface area contributed by atoms with Crippen molar-refractivity contribution in [2.45, 2.75) is 20.3 Å². The van der Waals surface area contributed by atoms with E-state index in [2.05, 4.69) is 10.3 Å². The summed E-state index contributed by atoms with van der Waals surface area (Å²) in [5.41, 5.74) is 2.27. The first kappa shape index (κ1) is 13.5. The average Bonchev–Trinajstić information content (AvgIpc) is 2.80. The Labute approximate surface area is 113 Å². The van der Waals surface area contributed by atoms with Gasteiger partial charge in [0.1, 0.15) is 5.75 Å². The summed E-state index contributed by atoms with van der Waals surface area (Å²) in [5, 5.41) is 4.11. The Hall–Kier alpha value is -1.97. The highest BCUT2D eigenvalue weighted by molar-refractivity contribution is 5.84. The van der Waals surface area contributed by atoms with Gasteiger partial charge in [0.15, 0.2) is 0 Å². The molecule has 0 radical (unpaired) electrons. The molecule has 102 valence electrons. The van der Waals surface area contributed by atoms with Gasteiger partial charge in [-0.15, -0.1) is 0 Å². The Bertz CT molecular complexity index is 573. The lowest BCUT2D eigenvalue weighted by atomic mass is 10.1. The molecule has 0 bridgehead atoms. The molecular formula is C15H20N2O2. The van der Waals surface area contributed by atoms with Crippen LogP contribution in [0.1, 0.15) is 19.4 Å². The zero-order valence-electron chi connectivity index (χ0n) is 11.6. The minimum absolute atomic E-state index is 0.0345. The maximum atomic E-state index is 11.5. The molecule has 1 heterocycles. The number of carbonyl (C=O) groups excluding carboxylic acids is 1. The highest BCUT2D eigenvalue weighted by Crippen LogP contribution is 2.23. The lowest BCUT2D eigenvalue weighted by Crippen LogP contribution is -2.29. The van der Waals surface area contributed by atoms with Gasteiger partial charge in [0.2, 0.25) is 5.91 Å². The first-order chi connectivity index (χ1) is 9.11. The summed E-state index contributed by atoms with van der Waals surface area (Å²) in [5.74, 6) is 0.975. The monoisotopic (exact) mass is 260 g/mol. The fourth-order valence-corrected chi connectivity index (χ4v) is 2.02. The second-order valence-corrected chi connectivity index (χ2v) is 4.92. The highest BCUT2D eigenvalue weighted by atomic mass is 16.5. The largest absolute Gasteiger partial charge is 0.497 e. The Morgan fingerprint density at radius 1 is 1.42 bits per heavy atom. The Morgan fingerprint density at radius 3 is 2.89 bits per heavy atom. The van der Waals surface area contributed by atoms with Crippen LogP contribution in [0.15, 0.2) is 24.4 Å². The Balaban J connectivity index is 2.03. The lowest BCUT2D eigenvalue weighted by Gasteiger charge is -2.07. The van der Waals surface area contributed by atoms with E-state index in [9.17, 15) is 4.79 Å². The van der Waals surface area contributed by atoms with E-state index in [0.717, 1.165) is 17.7 Å². The molecule has 2 N–H and O–H groups in total. The maximum absolute atomic E-state index is 11.5. The Kier molecular flexibility index (Phi) is 4.10. The smallest absolute Gasteiger partial charge is 0.222 e. The molecule has 0 atom stereocenters. The quantitative estimate of drug-likeness (QED) is 0.867. The van der Waals surface area contributed by atoms with Crippen molar-refractivity contribution in [2.24, 2.45) is 5.92 Å². The van der Waals surface area contributed by atoms with Crippen LogP contribution in [0.2, 0.25) is 0 Å². The van der Waals surface area contributed by atoms with E-state index in [1.165, 1.54) is 10.9 Å². The van der Waals surface area contributed by atoms with Gasteiger partial charge in [0.25, 0.3) is 0 Å². The SMILES string of the molecule is COc1ccc2c(CCNC(=O)C(C)C)c[nH]c2c1. The van der Waals surface area contributed by atoms with Crippen molar-refractivity contribution in [3.05, 3.63) is 30.0 Å². The topological polar surface area (TPSA) is 54.1 Å². The molecule has 2 rings (SSSR count). The minimum Gasteiger partial charge on any atom is -0.497 e. The number of hydrogen-bond acceptors (Lipinski definition) is 2. The summed E-state index contributed by atoms with van der Waals surface area (Å²) in [6, 6.07) is 5.97. The molecule has 0 saturated heterocycles. The van der Waals surface area contributed by atoms with Crippen molar-refractivity contribution in [3.63, 3.8) is 0 Å². The third-order valence-corrected chi connectivity index (χ3v) is 3.19. The molecule has 0 aliphatic rings. The number of aromatic nitrogens is 1. The summed E-state index contributed by atoms with van der Waals surface area (Å²) >= 11 is 0. The molecule has 2 aromatic rings. The number of hydrogen-bond donors (Lipinski definition) is 2. The predicted octanol–water partition coefficient (Wildman–Crippen LogP) is 2.49. The fraction of sp³-hybridized carbons (Fsp3) is 0.400. The van der Waals surface area contributed by atoms with Gasteiger partial charge >= 0.3 is 0 Å². The normalized spacial score (nSPS) is 10.9. The third kappa shape index (κ3) is 3.08. The first-order valence-electron chi connectivity index (χ1n) is 6.53. The molecule has 4 nitrogen and oxygen atoms in total. The molecule has 0 aliphatic carbocycles. The van der Waals surface area contributed by atoms with Crippen LogP contribution in [-0.4, -0.2) is 24.5 Å². The molecule has 4 heteroatoms. The molecule has 1 aromatic carbocycles. The standard InChI is InChI=1S/C15H20N2O2/c1-10(2)15(18)16-7-6-11-9-17-14-8-12(19-3)4-5-13(11)14/h4-5,8-10,17H,6-7H2,1-3H3,(H,16,18). The molecule has 0 aliphatic heterocycles. The molecular weight excluding hydrogens is 240 g/mol. The van der Waals surface area contributed by atoms with Gasteiger partial charge in [-0.2, -0.15) is 0 Å². The number of aromatic amines is 1. The van der Waals surface area contributed by atoms with E-state index < -0.39 is 0 Å². The summed E-state index contributed by atoms with van der Waals surface area (Å²) in [7, 11) is 1.66. The van der Waals surface area contributed by atoms with Crippen molar-refractivity contribution in [1.82, 2.24) is 10.3 Å². The van der Waals surface area contributed by atoms with Crippen LogP contribution in [0.4, 0.5) is 0 Å². The minimum atomic E-state index is 0.0345. The van der Waals surface area contributed by atoms with Gasteiger partial charge in [-0.1, -0.05) is 13.8 Å². The van der Waals surface area contributed by atoms with E-state index in [-0.39, 0.29) is 11.8 Å². The fourth-order valence-electron chi connectivity index (χ4n) is 2.02. The molecule has 0 saturated carbocycles. The number of benzene rings is 1. The van der Waals surface area contributed by atoms with E-state index in [0.29, 0.717) is 6.54 Å². The second kappa shape index (κ2) is 5.78. The van der Waals surface area contributed by atoms with Crippen LogP contribution in [0.25, 0.3) is 10.9 Å². The number of H-pyrrole nitrogens is 1. The third-order valence-electron chi connectivity index (χ3n) is 3.19. The first-order valence-corrected chi connectivity index (χ1v) is 6.53. The van der Waals surface area contributed by atoms with Gasteiger partial charge < -0.3 is 15.0 Å². The van der Waals surface area contributed by atoms with Crippen LogP contribution in [0.5, 0.6) is 5.75 Å². The number of rotatable bonds is 5. The number of nitrogens with one attached hydrogen (secondary N) is 2. The predicted molar refractivity (Wildman–Crippen MR) is 76.4 cm³/mol. The summed E-state index contributed by atoms with van der Waals surface area (Å²) in [4.78, 5) is 14.7. The van der Waals surface area contributed by atoms with Crippen molar-refractivity contribution in [1.29, 1.82) is 0 Å². The molecule has 0 unspecified atom stereocenters. The second-order valence-electron chi connectivity index (χ2n) is 4.92. The van der Waals surface area contributed by atoms with E-state index >= 15 is 0 Å². The number of ether oxygens (including phenoxy) is 1.